The van der Waals surface area contributed by atoms with Crippen LogP contribution >= 0.6 is 0 Å². The topological polar surface area (TPSA) is 93.5 Å². The van der Waals surface area contributed by atoms with Gasteiger partial charge in [-0.25, -0.2) is 4.79 Å². The molecular formula is C17H25N3O3. The van der Waals surface area contributed by atoms with Crippen LogP contribution in [-0.2, 0) is 11.2 Å². The maximum Gasteiger partial charge on any atom is 0.312 e. The van der Waals surface area contributed by atoms with Crippen LogP contribution in [0.25, 0.3) is 0 Å². The molecule has 6 heteroatoms. The normalized spacial score (nSPS) is 15.9. The van der Waals surface area contributed by atoms with Crippen LogP contribution in [-0.4, -0.2) is 30.6 Å². The average Bonchev–Trinajstić information content (AvgIpc) is 3.01. The van der Waals surface area contributed by atoms with Crippen molar-refractivity contribution < 1.29 is 14.3 Å². The molecule has 1 aliphatic rings. The maximum absolute atomic E-state index is 11.7. The van der Waals surface area contributed by atoms with Gasteiger partial charge in [-0.2, -0.15) is 0 Å². The Balaban J connectivity index is 1.71. The predicted octanol–water partition coefficient (Wildman–Crippen LogP) is 1.72. The third-order valence-electron chi connectivity index (χ3n) is 3.99. The number of carbonyl (C=O) groups is 2. The molecule has 23 heavy (non-hydrogen) atoms. The Kier molecular flexibility index (Phi) is 6.26. The SMILES string of the molecule is C[C@H](NC(N)=O)C(=O)NCCc1ccc(OC2CCCC2)cc1. The summed E-state index contributed by atoms with van der Waals surface area (Å²) >= 11 is 0. The number of rotatable bonds is 7. The molecule has 3 amide bonds. The van der Waals surface area contributed by atoms with E-state index in [2.05, 4.69) is 10.6 Å². The zero-order valence-corrected chi connectivity index (χ0v) is 13.5. The first kappa shape index (κ1) is 17.1. The summed E-state index contributed by atoms with van der Waals surface area (Å²) in [6, 6.07) is 6.66. The predicted molar refractivity (Wildman–Crippen MR) is 88.2 cm³/mol. The molecule has 0 bridgehead atoms. The van der Waals surface area contributed by atoms with Crippen molar-refractivity contribution in [2.45, 2.75) is 51.2 Å². The van der Waals surface area contributed by atoms with Gasteiger partial charge < -0.3 is 21.1 Å². The zero-order chi connectivity index (χ0) is 16.7. The number of hydrogen-bond donors (Lipinski definition) is 3. The van der Waals surface area contributed by atoms with Crippen molar-refractivity contribution in [3.63, 3.8) is 0 Å². The van der Waals surface area contributed by atoms with E-state index in [1.807, 2.05) is 24.3 Å². The van der Waals surface area contributed by atoms with Gasteiger partial charge in [0.05, 0.1) is 6.10 Å². The van der Waals surface area contributed by atoms with Crippen molar-refractivity contribution in [2.75, 3.05) is 6.54 Å². The van der Waals surface area contributed by atoms with E-state index >= 15 is 0 Å². The van der Waals surface area contributed by atoms with E-state index in [0.717, 1.165) is 30.6 Å². The first-order chi connectivity index (χ1) is 11.0. The fourth-order valence-electron chi connectivity index (χ4n) is 2.70. The summed E-state index contributed by atoms with van der Waals surface area (Å²) in [6.07, 6.45) is 5.88. The highest BCUT2D eigenvalue weighted by Crippen LogP contribution is 2.24. The molecule has 0 spiro atoms. The van der Waals surface area contributed by atoms with E-state index in [0.29, 0.717) is 12.6 Å². The lowest BCUT2D eigenvalue weighted by Gasteiger charge is -2.14. The molecule has 1 fully saturated rings. The first-order valence-electron chi connectivity index (χ1n) is 8.14. The van der Waals surface area contributed by atoms with Crippen molar-refractivity contribution in [1.29, 1.82) is 0 Å². The largest absolute Gasteiger partial charge is 0.490 e. The molecule has 1 aromatic rings. The smallest absolute Gasteiger partial charge is 0.312 e. The van der Waals surface area contributed by atoms with Gasteiger partial charge in [-0.3, -0.25) is 4.79 Å². The molecule has 126 valence electrons. The van der Waals surface area contributed by atoms with E-state index in [4.69, 9.17) is 10.5 Å². The van der Waals surface area contributed by atoms with Crippen LogP contribution in [0.2, 0.25) is 0 Å². The summed E-state index contributed by atoms with van der Waals surface area (Å²) in [5.41, 5.74) is 6.11. The van der Waals surface area contributed by atoms with Gasteiger partial charge in [-0.15, -0.1) is 0 Å². The minimum atomic E-state index is -0.703. The molecule has 1 aromatic carbocycles. The van der Waals surface area contributed by atoms with Gasteiger partial charge >= 0.3 is 6.03 Å². The third-order valence-corrected chi connectivity index (χ3v) is 3.99. The molecule has 1 aliphatic carbocycles. The van der Waals surface area contributed by atoms with Gasteiger partial charge in [-0.05, 0) is 56.7 Å². The van der Waals surface area contributed by atoms with Crippen LogP contribution in [0.5, 0.6) is 5.75 Å². The summed E-state index contributed by atoms with van der Waals surface area (Å²) < 4.78 is 5.92. The molecule has 4 N–H and O–H groups in total. The number of carbonyl (C=O) groups excluding carboxylic acids is 2. The molecule has 1 atom stereocenters. The number of primary amides is 1. The van der Waals surface area contributed by atoms with Gasteiger partial charge in [0.25, 0.3) is 0 Å². The number of nitrogens with two attached hydrogens (primary N) is 1. The van der Waals surface area contributed by atoms with E-state index in [1.165, 1.54) is 12.8 Å². The highest BCUT2D eigenvalue weighted by atomic mass is 16.5. The molecule has 2 rings (SSSR count). The highest BCUT2D eigenvalue weighted by Gasteiger charge is 2.16. The van der Waals surface area contributed by atoms with Crippen LogP contribution in [0, 0.1) is 0 Å². The minimum Gasteiger partial charge on any atom is -0.490 e. The van der Waals surface area contributed by atoms with Crippen molar-refractivity contribution in [3.8, 4) is 5.75 Å². The van der Waals surface area contributed by atoms with Crippen LogP contribution in [0.1, 0.15) is 38.2 Å². The Morgan fingerprint density at radius 3 is 2.52 bits per heavy atom. The second-order valence-corrected chi connectivity index (χ2v) is 5.94. The van der Waals surface area contributed by atoms with Crippen LogP contribution in [0.3, 0.4) is 0 Å². The second-order valence-electron chi connectivity index (χ2n) is 5.94. The Morgan fingerprint density at radius 1 is 1.26 bits per heavy atom. The lowest BCUT2D eigenvalue weighted by molar-refractivity contribution is -0.122. The lowest BCUT2D eigenvalue weighted by Crippen LogP contribution is -2.47. The number of nitrogens with one attached hydrogen (secondary N) is 2. The Labute approximate surface area is 136 Å². The molecule has 0 saturated heterocycles. The van der Waals surface area contributed by atoms with Crippen molar-refractivity contribution in [3.05, 3.63) is 29.8 Å². The van der Waals surface area contributed by atoms with Crippen molar-refractivity contribution >= 4 is 11.9 Å². The Hall–Kier alpha value is -2.24. The van der Waals surface area contributed by atoms with E-state index < -0.39 is 12.1 Å². The van der Waals surface area contributed by atoms with Gasteiger partial charge in [-0.1, -0.05) is 12.1 Å². The molecular weight excluding hydrogens is 294 g/mol. The van der Waals surface area contributed by atoms with Crippen LogP contribution in [0.4, 0.5) is 4.79 Å². The maximum atomic E-state index is 11.7. The monoisotopic (exact) mass is 319 g/mol. The number of amides is 3. The van der Waals surface area contributed by atoms with Crippen LogP contribution < -0.4 is 21.1 Å². The summed E-state index contributed by atoms with van der Waals surface area (Å²) in [5, 5.41) is 5.11. The van der Waals surface area contributed by atoms with Crippen molar-refractivity contribution in [1.82, 2.24) is 10.6 Å². The summed E-state index contributed by atoms with van der Waals surface area (Å²) in [5.74, 6) is 0.661. The lowest BCUT2D eigenvalue weighted by atomic mass is 10.1. The number of hydrogen-bond acceptors (Lipinski definition) is 3. The minimum absolute atomic E-state index is 0.245. The first-order valence-corrected chi connectivity index (χ1v) is 8.14. The molecule has 0 aliphatic heterocycles. The Bertz CT molecular complexity index is 524. The number of urea groups is 1. The Morgan fingerprint density at radius 2 is 1.91 bits per heavy atom. The fraction of sp³-hybridized carbons (Fsp3) is 0.529. The molecule has 0 aromatic heterocycles. The van der Waals surface area contributed by atoms with Crippen molar-refractivity contribution in [2.24, 2.45) is 5.73 Å². The van der Waals surface area contributed by atoms with E-state index in [9.17, 15) is 9.59 Å². The third kappa shape index (κ3) is 5.81. The fourth-order valence-corrected chi connectivity index (χ4v) is 2.70. The van der Waals surface area contributed by atoms with Crippen LogP contribution in [0.15, 0.2) is 24.3 Å². The van der Waals surface area contributed by atoms with Gasteiger partial charge in [0, 0.05) is 6.54 Å². The quantitative estimate of drug-likeness (QED) is 0.714. The average molecular weight is 319 g/mol. The summed E-state index contributed by atoms with van der Waals surface area (Å²) in [4.78, 5) is 22.4. The van der Waals surface area contributed by atoms with Gasteiger partial charge in [0.15, 0.2) is 0 Å². The van der Waals surface area contributed by atoms with E-state index in [1.54, 1.807) is 6.92 Å². The molecule has 6 nitrogen and oxygen atoms in total. The number of benzene rings is 1. The van der Waals surface area contributed by atoms with Gasteiger partial charge in [0.2, 0.25) is 5.91 Å². The number of ether oxygens (including phenoxy) is 1. The van der Waals surface area contributed by atoms with Gasteiger partial charge in [0.1, 0.15) is 11.8 Å². The molecule has 0 radical (unpaired) electrons. The molecule has 1 saturated carbocycles. The molecule has 0 unspecified atom stereocenters. The summed E-state index contributed by atoms with van der Waals surface area (Å²) in [7, 11) is 0. The van der Waals surface area contributed by atoms with E-state index in [-0.39, 0.29) is 5.91 Å². The second kappa shape index (κ2) is 8.41. The zero-order valence-electron chi connectivity index (χ0n) is 13.5. The molecule has 0 heterocycles. The highest BCUT2D eigenvalue weighted by molar-refractivity contribution is 5.86. The summed E-state index contributed by atoms with van der Waals surface area (Å²) in [6.45, 7) is 2.10. The standard InChI is InChI=1S/C17H25N3O3/c1-12(20-17(18)22)16(21)19-11-10-13-6-8-15(9-7-13)23-14-4-2-3-5-14/h6-9,12,14H,2-5,10-11H2,1H3,(H,19,21)(H3,18,20,22)/t12-/m0/s1.